The zero-order valence-electron chi connectivity index (χ0n) is 13.7. The number of likely N-dealkylation sites (tertiary alicyclic amines) is 1. The van der Waals surface area contributed by atoms with Gasteiger partial charge in [-0.3, -0.25) is 9.89 Å². The van der Waals surface area contributed by atoms with Gasteiger partial charge in [-0.15, -0.1) is 0 Å². The van der Waals surface area contributed by atoms with Gasteiger partial charge in [0.2, 0.25) is 11.9 Å². The molecule has 7 heteroatoms. The number of anilines is 1. The molecule has 2 aromatic rings. The van der Waals surface area contributed by atoms with E-state index in [2.05, 4.69) is 25.1 Å². The third-order valence-electron chi connectivity index (χ3n) is 5.02. The van der Waals surface area contributed by atoms with Crippen LogP contribution in [0.1, 0.15) is 25.7 Å². The van der Waals surface area contributed by atoms with Crippen LogP contribution in [0.4, 0.5) is 5.95 Å². The van der Waals surface area contributed by atoms with Crippen LogP contribution in [-0.2, 0) is 4.79 Å². The lowest BCUT2D eigenvalue weighted by molar-refractivity contribution is -0.128. The van der Waals surface area contributed by atoms with Gasteiger partial charge in [-0.2, -0.15) is 5.10 Å². The van der Waals surface area contributed by atoms with E-state index in [1.807, 2.05) is 23.5 Å². The molecule has 2 aromatic heterocycles. The maximum absolute atomic E-state index is 11.8. The Kier molecular flexibility index (Phi) is 4.15. The molecule has 4 rings (SSSR count). The number of nitrogens with zero attached hydrogens (tertiary/aromatic N) is 5. The van der Waals surface area contributed by atoms with E-state index in [1.165, 1.54) is 0 Å². The third-order valence-corrected chi connectivity index (χ3v) is 5.02. The zero-order valence-corrected chi connectivity index (χ0v) is 13.7. The quantitative estimate of drug-likeness (QED) is 0.925. The molecule has 0 radical (unpaired) electrons. The second-order valence-electron chi connectivity index (χ2n) is 6.63. The summed E-state index contributed by atoms with van der Waals surface area (Å²) in [6.07, 6.45) is 11.2. The number of piperidine rings is 1. The lowest BCUT2D eigenvalue weighted by Crippen LogP contribution is -2.39. The van der Waals surface area contributed by atoms with Crippen molar-refractivity contribution in [1.82, 2.24) is 25.1 Å². The van der Waals surface area contributed by atoms with Crippen LogP contribution in [0.25, 0.3) is 11.1 Å². The van der Waals surface area contributed by atoms with E-state index in [1.54, 1.807) is 6.20 Å². The van der Waals surface area contributed by atoms with Crippen molar-refractivity contribution in [3.05, 3.63) is 24.8 Å². The molecule has 0 saturated carbocycles. The van der Waals surface area contributed by atoms with E-state index in [0.717, 1.165) is 68.9 Å². The second-order valence-corrected chi connectivity index (χ2v) is 6.63. The summed E-state index contributed by atoms with van der Waals surface area (Å²) in [6.45, 7) is 3.78. The Labute approximate surface area is 141 Å². The standard InChI is InChI=1S/C17H22N6O/c24-16-2-1-5-23(16)12-13-3-6-22(7-4-13)17-18-8-14(9-19-17)15-10-20-21-11-15/h8-11,13H,1-7,12H2,(H,20,21). The molecule has 0 spiro atoms. The first-order valence-electron chi connectivity index (χ1n) is 8.63. The van der Waals surface area contributed by atoms with Crippen molar-refractivity contribution in [3.8, 4) is 11.1 Å². The molecule has 0 atom stereocenters. The SMILES string of the molecule is O=C1CCCN1CC1CCN(c2ncc(-c3cn[nH]c3)cn2)CC1. The molecule has 0 unspecified atom stereocenters. The Morgan fingerprint density at radius 3 is 2.50 bits per heavy atom. The van der Waals surface area contributed by atoms with Crippen LogP contribution < -0.4 is 4.90 Å². The van der Waals surface area contributed by atoms with Gasteiger partial charge >= 0.3 is 0 Å². The largest absolute Gasteiger partial charge is 0.342 e. The van der Waals surface area contributed by atoms with Gasteiger partial charge in [0.25, 0.3) is 0 Å². The fraction of sp³-hybridized carbons (Fsp3) is 0.529. The molecule has 0 aromatic carbocycles. The smallest absolute Gasteiger partial charge is 0.225 e. The van der Waals surface area contributed by atoms with Crippen molar-refractivity contribution in [3.63, 3.8) is 0 Å². The normalized spacial score (nSPS) is 19.2. The predicted octanol–water partition coefficient (Wildman–Crippen LogP) is 1.71. The molecule has 4 heterocycles. The minimum atomic E-state index is 0.329. The van der Waals surface area contributed by atoms with Gasteiger partial charge in [0.05, 0.1) is 6.20 Å². The highest BCUT2D eigenvalue weighted by atomic mass is 16.2. The Balaban J connectivity index is 1.33. The molecule has 1 N–H and O–H groups in total. The molecular formula is C17H22N6O. The van der Waals surface area contributed by atoms with Gasteiger partial charge in [-0.25, -0.2) is 9.97 Å². The van der Waals surface area contributed by atoms with E-state index < -0.39 is 0 Å². The fourth-order valence-corrected chi connectivity index (χ4v) is 3.57. The monoisotopic (exact) mass is 326 g/mol. The van der Waals surface area contributed by atoms with Crippen molar-refractivity contribution < 1.29 is 4.79 Å². The number of rotatable bonds is 4. The van der Waals surface area contributed by atoms with E-state index in [9.17, 15) is 4.79 Å². The molecule has 2 aliphatic heterocycles. The molecule has 1 amide bonds. The maximum atomic E-state index is 11.8. The molecule has 126 valence electrons. The van der Waals surface area contributed by atoms with Gasteiger partial charge in [0, 0.05) is 62.3 Å². The number of carbonyl (C=O) groups is 1. The van der Waals surface area contributed by atoms with Gasteiger partial charge in [-0.1, -0.05) is 0 Å². The number of H-pyrrole nitrogens is 1. The zero-order chi connectivity index (χ0) is 16.4. The van der Waals surface area contributed by atoms with Gasteiger partial charge in [-0.05, 0) is 25.2 Å². The summed E-state index contributed by atoms with van der Waals surface area (Å²) in [5.41, 5.74) is 1.96. The van der Waals surface area contributed by atoms with E-state index in [4.69, 9.17) is 0 Å². The Morgan fingerprint density at radius 1 is 1.08 bits per heavy atom. The first-order chi connectivity index (χ1) is 11.8. The molecule has 2 fully saturated rings. The van der Waals surface area contributed by atoms with Crippen molar-refractivity contribution in [1.29, 1.82) is 0 Å². The lowest BCUT2D eigenvalue weighted by Gasteiger charge is -2.33. The van der Waals surface area contributed by atoms with E-state index in [0.29, 0.717) is 11.8 Å². The Hall–Kier alpha value is -2.44. The first kappa shape index (κ1) is 15.1. The molecule has 2 aliphatic rings. The number of hydrogen-bond donors (Lipinski definition) is 1. The van der Waals surface area contributed by atoms with Gasteiger partial charge < -0.3 is 9.80 Å². The maximum Gasteiger partial charge on any atom is 0.225 e. The average Bonchev–Trinajstić information content (AvgIpc) is 3.29. The van der Waals surface area contributed by atoms with Crippen molar-refractivity contribution in [2.75, 3.05) is 31.1 Å². The van der Waals surface area contributed by atoms with Crippen LogP contribution in [0.2, 0.25) is 0 Å². The van der Waals surface area contributed by atoms with Crippen molar-refractivity contribution in [2.45, 2.75) is 25.7 Å². The molecule has 24 heavy (non-hydrogen) atoms. The van der Waals surface area contributed by atoms with E-state index >= 15 is 0 Å². The van der Waals surface area contributed by atoms with Gasteiger partial charge in [0.1, 0.15) is 0 Å². The number of amides is 1. The van der Waals surface area contributed by atoms with E-state index in [-0.39, 0.29) is 0 Å². The van der Waals surface area contributed by atoms with Crippen LogP contribution in [0.3, 0.4) is 0 Å². The number of hydrogen-bond acceptors (Lipinski definition) is 5. The van der Waals surface area contributed by atoms with Crippen LogP contribution in [0.5, 0.6) is 0 Å². The minimum absolute atomic E-state index is 0.329. The molecule has 0 aliphatic carbocycles. The minimum Gasteiger partial charge on any atom is -0.342 e. The van der Waals surface area contributed by atoms with Crippen LogP contribution in [0, 0.1) is 5.92 Å². The number of aromatic nitrogens is 4. The molecule has 7 nitrogen and oxygen atoms in total. The third kappa shape index (κ3) is 3.11. The number of nitrogens with one attached hydrogen (secondary N) is 1. The summed E-state index contributed by atoms with van der Waals surface area (Å²) in [5.74, 6) is 1.72. The summed E-state index contributed by atoms with van der Waals surface area (Å²) >= 11 is 0. The fourth-order valence-electron chi connectivity index (χ4n) is 3.57. The highest BCUT2D eigenvalue weighted by Crippen LogP contribution is 2.24. The highest BCUT2D eigenvalue weighted by molar-refractivity contribution is 5.78. The highest BCUT2D eigenvalue weighted by Gasteiger charge is 2.26. The molecule has 0 bridgehead atoms. The van der Waals surface area contributed by atoms with Crippen LogP contribution >= 0.6 is 0 Å². The van der Waals surface area contributed by atoms with Gasteiger partial charge in [0.15, 0.2) is 0 Å². The van der Waals surface area contributed by atoms with Crippen molar-refractivity contribution >= 4 is 11.9 Å². The lowest BCUT2D eigenvalue weighted by atomic mass is 9.96. The summed E-state index contributed by atoms with van der Waals surface area (Å²) in [5, 5.41) is 6.75. The van der Waals surface area contributed by atoms with Crippen molar-refractivity contribution in [2.24, 2.45) is 5.92 Å². The number of carbonyl (C=O) groups excluding carboxylic acids is 1. The summed E-state index contributed by atoms with van der Waals surface area (Å²) in [4.78, 5) is 25.0. The number of aromatic amines is 1. The van der Waals surface area contributed by atoms with Crippen LogP contribution in [-0.4, -0.2) is 57.2 Å². The first-order valence-corrected chi connectivity index (χ1v) is 8.63. The predicted molar refractivity (Wildman–Crippen MR) is 90.4 cm³/mol. The molecular weight excluding hydrogens is 304 g/mol. The topological polar surface area (TPSA) is 78.0 Å². The second kappa shape index (κ2) is 6.59. The summed E-state index contributed by atoms with van der Waals surface area (Å²) in [6, 6.07) is 0. The molecule has 2 saturated heterocycles. The summed E-state index contributed by atoms with van der Waals surface area (Å²) in [7, 11) is 0. The Morgan fingerprint density at radius 2 is 1.88 bits per heavy atom. The summed E-state index contributed by atoms with van der Waals surface area (Å²) < 4.78 is 0. The van der Waals surface area contributed by atoms with Crippen LogP contribution in [0.15, 0.2) is 24.8 Å². The Bertz CT molecular complexity index is 676. The average molecular weight is 326 g/mol.